The smallest absolute Gasteiger partial charge is 0.262 e. The van der Waals surface area contributed by atoms with E-state index in [1.54, 1.807) is 48.2 Å². The van der Waals surface area contributed by atoms with Crippen molar-refractivity contribution in [3.63, 3.8) is 0 Å². The summed E-state index contributed by atoms with van der Waals surface area (Å²) in [5.41, 5.74) is 2.07. The Balaban J connectivity index is 1.46. The highest BCUT2D eigenvalue weighted by atomic mass is 32.2. The number of aryl methyl sites for hydroxylation is 2. The summed E-state index contributed by atoms with van der Waals surface area (Å²) in [6, 6.07) is 12.0. The number of rotatable bonds is 5. The molecule has 2 heterocycles. The fourth-order valence-corrected chi connectivity index (χ4v) is 6.24. The van der Waals surface area contributed by atoms with E-state index >= 15 is 0 Å². The number of benzene rings is 2. The minimum absolute atomic E-state index is 0.0415. The standard InChI is InChI=1S/C26H33N3O4S/c1-19-10-11-20(2)24(18-19)34(32,33)27-23-9-5-4-8-22(23)26(31)29-16-12-21(13-17-29)25(30)28-14-6-3-7-15-28/h4-5,8-11,18,21,27H,3,6-7,12-17H2,1-2H3. The highest BCUT2D eigenvalue weighted by Gasteiger charge is 2.32. The van der Waals surface area contributed by atoms with Crippen molar-refractivity contribution in [3.8, 4) is 0 Å². The van der Waals surface area contributed by atoms with Crippen LogP contribution in [0.4, 0.5) is 5.69 Å². The first-order valence-electron chi connectivity index (χ1n) is 12.0. The van der Waals surface area contributed by atoms with E-state index in [0.717, 1.165) is 31.5 Å². The number of carbonyl (C=O) groups is 2. The molecule has 0 aromatic heterocycles. The van der Waals surface area contributed by atoms with Gasteiger partial charge in [0.2, 0.25) is 5.91 Å². The third-order valence-corrected chi connectivity index (χ3v) is 8.34. The Morgan fingerprint density at radius 3 is 2.26 bits per heavy atom. The van der Waals surface area contributed by atoms with Crippen LogP contribution < -0.4 is 4.72 Å². The number of anilines is 1. The number of piperidine rings is 2. The van der Waals surface area contributed by atoms with Gasteiger partial charge in [0.25, 0.3) is 15.9 Å². The van der Waals surface area contributed by atoms with Crippen molar-refractivity contribution in [3.05, 3.63) is 59.2 Å². The lowest BCUT2D eigenvalue weighted by atomic mass is 9.94. The first kappa shape index (κ1) is 24.3. The van der Waals surface area contributed by atoms with Gasteiger partial charge in [0, 0.05) is 32.1 Å². The molecule has 1 N–H and O–H groups in total. The average Bonchev–Trinajstić information content (AvgIpc) is 2.85. The lowest BCUT2D eigenvalue weighted by Crippen LogP contribution is -2.45. The van der Waals surface area contributed by atoms with Crippen molar-refractivity contribution >= 4 is 27.5 Å². The van der Waals surface area contributed by atoms with Crippen molar-refractivity contribution < 1.29 is 18.0 Å². The third kappa shape index (κ3) is 5.27. The molecule has 2 aliphatic rings. The van der Waals surface area contributed by atoms with Crippen LogP contribution in [0.3, 0.4) is 0 Å². The van der Waals surface area contributed by atoms with E-state index in [1.165, 1.54) is 6.42 Å². The molecule has 2 fully saturated rings. The van der Waals surface area contributed by atoms with E-state index in [9.17, 15) is 18.0 Å². The Labute approximate surface area is 202 Å². The first-order chi connectivity index (χ1) is 16.3. The SMILES string of the molecule is Cc1ccc(C)c(S(=O)(=O)Nc2ccccc2C(=O)N2CCC(C(=O)N3CCCCC3)CC2)c1. The summed E-state index contributed by atoms with van der Waals surface area (Å²) in [7, 11) is -3.86. The van der Waals surface area contributed by atoms with Gasteiger partial charge in [-0.3, -0.25) is 14.3 Å². The van der Waals surface area contributed by atoms with Crippen LogP contribution in [0.25, 0.3) is 0 Å². The largest absolute Gasteiger partial charge is 0.342 e. The van der Waals surface area contributed by atoms with Crippen LogP contribution in [-0.2, 0) is 14.8 Å². The zero-order valence-corrected chi connectivity index (χ0v) is 20.7. The molecule has 2 aromatic carbocycles. The maximum Gasteiger partial charge on any atom is 0.262 e. The van der Waals surface area contributed by atoms with E-state index in [-0.39, 0.29) is 28.3 Å². The van der Waals surface area contributed by atoms with Gasteiger partial charge in [-0.15, -0.1) is 0 Å². The first-order valence-corrected chi connectivity index (χ1v) is 13.5. The Hall–Kier alpha value is -2.87. The fraction of sp³-hybridized carbons (Fsp3) is 0.462. The monoisotopic (exact) mass is 483 g/mol. The van der Waals surface area contributed by atoms with Gasteiger partial charge in [-0.25, -0.2) is 8.42 Å². The second kappa shape index (κ2) is 10.2. The molecule has 4 rings (SSSR count). The molecule has 2 amide bonds. The van der Waals surface area contributed by atoms with Crippen molar-refractivity contribution in [1.82, 2.24) is 9.80 Å². The van der Waals surface area contributed by atoms with Gasteiger partial charge in [0.05, 0.1) is 16.1 Å². The van der Waals surface area contributed by atoms with Crippen molar-refractivity contribution in [2.24, 2.45) is 5.92 Å². The lowest BCUT2D eigenvalue weighted by Gasteiger charge is -2.35. The summed E-state index contributed by atoms with van der Waals surface area (Å²) in [5, 5.41) is 0. The summed E-state index contributed by atoms with van der Waals surface area (Å²) in [4.78, 5) is 30.1. The highest BCUT2D eigenvalue weighted by Crippen LogP contribution is 2.27. The Morgan fingerprint density at radius 2 is 1.56 bits per heavy atom. The van der Waals surface area contributed by atoms with Crippen LogP contribution in [0.2, 0.25) is 0 Å². The van der Waals surface area contributed by atoms with Crippen molar-refractivity contribution in [1.29, 1.82) is 0 Å². The number of hydrogen-bond donors (Lipinski definition) is 1. The van der Waals surface area contributed by atoms with E-state index in [2.05, 4.69) is 4.72 Å². The van der Waals surface area contributed by atoms with Gasteiger partial charge in [0.1, 0.15) is 0 Å². The van der Waals surface area contributed by atoms with Crippen molar-refractivity contribution in [2.75, 3.05) is 30.9 Å². The number of hydrogen-bond acceptors (Lipinski definition) is 4. The number of likely N-dealkylation sites (tertiary alicyclic amines) is 2. The van der Waals surface area contributed by atoms with Crippen LogP contribution in [-0.4, -0.2) is 56.2 Å². The molecule has 0 spiro atoms. The molecule has 2 aliphatic heterocycles. The van der Waals surface area contributed by atoms with Gasteiger partial charge in [-0.2, -0.15) is 0 Å². The van der Waals surface area contributed by atoms with Crippen molar-refractivity contribution in [2.45, 2.75) is 50.8 Å². The zero-order chi connectivity index (χ0) is 24.3. The lowest BCUT2D eigenvalue weighted by molar-refractivity contribution is -0.137. The topological polar surface area (TPSA) is 86.8 Å². The van der Waals surface area contributed by atoms with Crippen LogP contribution in [0.5, 0.6) is 0 Å². The maximum absolute atomic E-state index is 13.3. The Bertz CT molecular complexity index is 1160. The van der Waals surface area contributed by atoms with E-state index in [4.69, 9.17) is 0 Å². The molecule has 0 aliphatic carbocycles. The van der Waals surface area contributed by atoms with Gasteiger partial charge < -0.3 is 9.80 Å². The zero-order valence-electron chi connectivity index (χ0n) is 19.9. The second-order valence-electron chi connectivity index (χ2n) is 9.37. The molecule has 0 radical (unpaired) electrons. The quantitative estimate of drug-likeness (QED) is 0.697. The predicted octanol–water partition coefficient (Wildman–Crippen LogP) is 3.97. The van der Waals surface area contributed by atoms with Gasteiger partial charge in [-0.1, -0.05) is 24.3 Å². The van der Waals surface area contributed by atoms with E-state index in [0.29, 0.717) is 37.1 Å². The fourth-order valence-electron chi connectivity index (χ4n) is 4.83. The van der Waals surface area contributed by atoms with E-state index in [1.807, 2.05) is 17.9 Å². The molecule has 2 aromatic rings. The summed E-state index contributed by atoms with van der Waals surface area (Å²) in [6.07, 6.45) is 4.59. The summed E-state index contributed by atoms with van der Waals surface area (Å²) in [6.45, 7) is 6.25. The molecular weight excluding hydrogens is 450 g/mol. The minimum Gasteiger partial charge on any atom is -0.342 e. The number of carbonyl (C=O) groups excluding carboxylic acids is 2. The van der Waals surface area contributed by atoms with Crippen LogP contribution in [0.15, 0.2) is 47.4 Å². The number of nitrogens with one attached hydrogen (secondary N) is 1. The number of amides is 2. The molecule has 0 unspecified atom stereocenters. The molecule has 0 saturated carbocycles. The van der Waals surface area contributed by atoms with Crippen LogP contribution in [0, 0.1) is 19.8 Å². The van der Waals surface area contributed by atoms with Crippen LogP contribution in [0.1, 0.15) is 53.6 Å². The molecule has 0 atom stereocenters. The molecule has 7 nitrogen and oxygen atoms in total. The summed E-state index contributed by atoms with van der Waals surface area (Å²) in [5.74, 6) is -0.0446. The average molecular weight is 484 g/mol. The Kier molecular flexibility index (Phi) is 7.26. The van der Waals surface area contributed by atoms with E-state index < -0.39 is 10.0 Å². The molecule has 2 saturated heterocycles. The van der Waals surface area contributed by atoms with Gasteiger partial charge in [-0.05, 0) is 75.3 Å². The normalized spacial score (nSPS) is 17.5. The third-order valence-electron chi connectivity index (χ3n) is 6.83. The minimum atomic E-state index is -3.86. The highest BCUT2D eigenvalue weighted by molar-refractivity contribution is 7.92. The number of sulfonamides is 1. The summed E-state index contributed by atoms with van der Waals surface area (Å²) >= 11 is 0. The molecular formula is C26H33N3O4S. The maximum atomic E-state index is 13.3. The number of nitrogens with zero attached hydrogens (tertiary/aromatic N) is 2. The molecule has 8 heteroatoms. The summed E-state index contributed by atoms with van der Waals surface area (Å²) < 4.78 is 28.9. The van der Waals surface area contributed by atoms with Gasteiger partial charge in [0.15, 0.2) is 0 Å². The molecule has 0 bridgehead atoms. The predicted molar refractivity (Wildman–Crippen MR) is 132 cm³/mol. The van der Waals surface area contributed by atoms with Gasteiger partial charge >= 0.3 is 0 Å². The number of para-hydroxylation sites is 1. The van der Waals surface area contributed by atoms with Crippen LogP contribution >= 0.6 is 0 Å². The molecule has 34 heavy (non-hydrogen) atoms. The second-order valence-corrected chi connectivity index (χ2v) is 11.0. The Morgan fingerprint density at radius 1 is 0.882 bits per heavy atom. The molecule has 182 valence electrons.